The molecule has 1 saturated heterocycles. The van der Waals surface area contributed by atoms with Crippen LogP contribution in [-0.4, -0.2) is 95.4 Å². The zero-order chi connectivity index (χ0) is 44.7. The van der Waals surface area contributed by atoms with E-state index in [2.05, 4.69) is 42.2 Å². The van der Waals surface area contributed by atoms with Gasteiger partial charge in [-0.15, -0.1) is 0 Å². The molecule has 1 aliphatic rings. The van der Waals surface area contributed by atoms with Gasteiger partial charge in [0.15, 0.2) is 0 Å². The van der Waals surface area contributed by atoms with E-state index in [1.165, 1.54) is 0 Å². The van der Waals surface area contributed by atoms with E-state index in [1.807, 2.05) is 58.0 Å². The number of aromatic amines is 1. The van der Waals surface area contributed by atoms with Crippen molar-refractivity contribution in [2.75, 3.05) is 13.1 Å². The summed E-state index contributed by atoms with van der Waals surface area (Å²) in [5.74, 6) is -3.86. The van der Waals surface area contributed by atoms with Crippen molar-refractivity contribution in [3.63, 3.8) is 0 Å². The van der Waals surface area contributed by atoms with Crippen molar-refractivity contribution in [3.05, 3.63) is 71.9 Å². The van der Waals surface area contributed by atoms with Crippen molar-refractivity contribution in [3.8, 4) is 0 Å². The summed E-state index contributed by atoms with van der Waals surface area (Å²) in [5.41, 5.74) is 1.60. The average Bonchev–Trinajstić information content (AvgIpc) is 3.59. The summed E-state index contributed by atoms with van der Waals surface area (Å²) in [6.07, 6.45) is 2.64. The second-order valence-corrected chi connectivity index (χ2v) is 17.5. The lowest BCUT2D eigenvalue weighted by molar-refractivity contribution is -0.136. The molecule has 8 N–H and O–H groups in total. The summed E-state index contributed by atoms with van der Waals surface area (Å²) in [4.78, 5) is 99.5. The number of hydrogen-bond donors (Lipinski definition) is 8. The van der Waals surface area contributed by atoms with Crippen LogP contribution in [0.1, 0.15) is 91.7 Å². The molecule has 1 fully saturated rings. The normalized spacial score (nSPS) is 21.4. The second-order valence-electron chi connectivity index (χ2n) is 17.5. The van der Waals surface area contributed by atoms with Crippen LogP contribution < -0.4 is 37.2 Å². The van der Waals surface area contributed by atoms with Gasteiger partial charge in [0.25, 0.3) is 0 Å². The van der Waals surface area contributed by atoms with Gasteiger partial charge >= 0.3 is 6.09 Å². The van der Waals surface area contributed by atoms with Crippen LogP contribution in [0.15, 0.2) is 60.8 Å². The molecule has 0 saturated carbocycles. The monoisotopic (exact) mass is 844 g/mol. The van der Waals surface area contributed by atoms with Crippen molar-refractivity contribution in [2.24, 2.45) is 11.8 Å². The van der Waals surface area contributed by atoms with Gasteiger partial charge in [-0.1, -0.05) is 76.2 Å². The molecule has 7 amide bonds. The van der Waals surface area contributed by atoms with Crippen LogP contribution in [0.25, 0.3) is 10.9 Å². The van der Waals surface area contributed by atoms with Gasteiger partial charge in [-0.3, -0.25) is 28.8 Å². The number of unbranched alkanes of at least 4 members (excludes halogenated alkanes) is 1. The van der Waals surface area contributed by atoms with Gasteiger partial charge in [0.2, 0.25) is 35.4 Å². The molecule has 0 spiro atoms. The van der Waals surface area contributed by atoms with Gasteiger partial charge in [0.1, 0.15) is 35.8 Å². The average molecular weight is 845 g/mol. The number of hydrogen-bond acceptors (Lipinski definition) is 8. The summed E-state index contributed by atoms with van der Waals surface area (Å²) in [5, 5.41) is 20.2. The highest BCUT2D eigenvalue weighted by atomic mass is 16.6. The number of amides is 7. The van der Waals surface area contributed by atoms with Crippen LogP contribution in [0, 0.1) is 11.8 Å². The van der Waals surface area contributed by atoms with Gasteiger partial charge in [0, 0.05) is 36.5 Å². The van der Waals surface area contributed by atoms with Gasteiger partial charge in [0.05, 0.1) is 6.54 Å². The maximum atomic E-state index is 14.5. The smallest absolute Gasteiger partial charge is 0.407 e. The fourth-order valence-corrected chi connectivity index (χ4v) is 7.07. The Morgan fingerprint density at radius 2 is 1.21 bits per heavy atom. The molecule has 3 aromatic rings. The molecule has 16 nitrogen and oxygen atoms in total. The third kappa shape index (κ3) is 15.9. The predicted molar refractivity (Wildman–Crippen MR) is 232 cm³/mol. The molecule has 2 heterocycles. The minimum absolute atomic E-state index is 0.0212. The highest BCUT2D eigenvalue weighted by Crippen LogP contribution is 2.20. The Hall–Kier alpha value is -5.93. The highest BCUT2D eigenvalue weighted by molar-refractivity contribution is 5.98. The molecule has 1 aromatic heterocycles. The molecular weight excluding hydrogens is 781 g/mol. The number of rotatable bonds is 13. The van der Waals surface area contributed by atoms with E-state index in [4.69, 9.17) is 4.74 Å². The lowest BCUT2D eigenvalue weighted by Gasteiger charge is -2.29. The fraction of sp³-hybridized carbons (Fsp3) is 0.533. The predicted octanol–water partition coefficient (Wildman–Crippen LogP) is 3.29. The third-order valence-electron chi connectivity index (χ3n) is 9.99. The van der Waals surface area contributed by atoms with Crippen LogP contribution in [0.5, 0.6) is 0 Å². The summed E-state index contributed by atoms with van der Waals surface area (Å²) in [6.45, 7) is 12.6. The molecule has 1 aliphatic heterocycles. The molecule has 0 radical (unpaired) electrons. The Labute approximate surface area is 358 Å². The van der Waals surface area contributed by atoms with E-state index in [1.54, 1.807) is 51.2 Å². The molecule has 61 heavy (non-hydrogen) atoms. The van der Waals surface area contributed by atoms with Crippen LogP contribution in [0.4, 0.5) is 4.79 Å². The number of nitrogens with one attached hydrogen (secondary N) is 8. The number of H-pyrrole nitrogens is 1. The van der Waals surface area contributed by atoms with E-state index >= 15 is 0 Å². The molecule has 16 heteroatoms. The molecule has 4 rings (SSSR count). The van der Waals surface area contributed by atoms with Crippen molar-refractivity contribution in [2.45, 2.75) is 129 Å². The van der Waals surface area contributed by atoms with E-state index < -0.39 is 83.9 Å². The molecule has 0 unspecified atom stereocenters. The number of fused-ring (bicyclic) bond motifs is 1. The maximum absolute atomic E-state index is 14.5. The molecule has 0 bridgehead atoms. The number of carbonyl (C=O) groups is 7. The minimum Gasteiger partial charge on any atom is -0.444 e. The van der Waals surface area contributed by atoms with Gasteiger partial charge in [-0.25, -0.2) is 4.79 Å². The standard InChI is InChI=1S/C45H64N8O8/c1-27(2)21-34-41(57)51-35(22-28(3)4)42(58)50-33(19-13-14-20-46-44(60)61-45(5,6)7)40(56)53-37(24-30-25-47-32-18-12-11-17-31(30)32)43(59)52-36(23-29-15-9-8-10-16-29)39(55)48-26-38(54)49-34/h8-12,15-18,25,27-28,33-37,47H,13-14,19-24,26H2,1-7H3,(H,46,60)(H,48,55)(H,49,54)(H,50,58)(H,51,57)(H,52,59)(H,53,56)/t33-,34-,35+,36-,37-/m0/s1. The Balaban J connectivity index is 1.72. The van der Waals surface area contributed by atoms with Crippen molar-refractivity contribution in [1.82, 2.24) is 42.2 Å². The zero-order valence-corrected chi connectivity index (χ0v) is 36.4. The third-order valence-corrected chi connectivity index (χ3v) is 9.99. The summed E-state index contributed by atoms with van der Waals surface area (Å²) >= 11 is 0. The minimum atomic E-state index is -1.23. The molecule has 5 atom stereocenters. The molecule has 332 valence electrons. The number of benzene rings is 2. The van der Waals surface area contributed by atoms with Crippen LogP contribution in [0.2, 0.25) is 0 Å². The number of alkyl carbamates (subject to hydrolysis) is 1. The molecule has 0 aliphatic carbocycles. The first-order valence-electron chi connectivity index (χ1n) is 21.2. The number of aromatic nitrogens is 1. The largest absolute Gasteiger partial charge is 0.444 e. The maximum Gasteiger partial charge on any atom is 0.407 e. The summed E-state index contributed by atoms with van der Waals surface area (Å²) < 4.78 is 5.33. The topological polar surface area (TPSA) is 229 Å². The van der Waals surface area contributed by atoms with E-state index in [0.29, 0.717) is 12.8 Å². The Bertz CT molecular complexity index is 1970. The lowest BCUT2D eigenvalue weighted by atomic mass is 9.99. The molecular formula is C45H64N8O8. The van der Waals surface area contributed by atoms with Crippen molar-refractivity contribution >= 4 is 52.4 Å². The van der Waals surface area contributed by atoms with Gasteiger partial charge < -0.3 is 46.9 Å². The van der Waals surface area contributed by atoms with Crippen LogP contribution in [0.3, 0.4) is 0 Å². The first kappa shape index (κ1) is 47.7. The summed E-state index contributed by atoms with van der Waals surface area (Å²) in [6, 6.07) is 10.9. The second kappa shape index (κ2) is 22.6. The first-order valence-corrected chi connectivity index (χ1v) is 21.2. The van der Waals surface area contributed by atoms with E-state index in [0.717, 1.165) is 22.0 Å². The van der Waals surface area contributed by atoms with E-state index in [-0.39, 0.29) is 50.5 Å². The van der Waals surface area contributed by atoms with Crippen molar-refractivity contribution < 1.29 is 38.3 Å². The Kier molecular flexibility index (Phi) is 17.7. The SMILES string of the molecule is CC(C)C[C@@H]1NC(=O)CNC(=O)[C@H](Cc2ccccc2)NC(=O)[C@H](Cc2c[nH]c3ccccc23)NC(=O)[C@H](CCCCNC(=O)OC(C)(C)C)NC(=O)[C@@H](CC(C)C)NC1=O. The van der Waals surface area contributed by atoms with Gasteiger partial charge in [-0.05, 0) is 81.9 Å². The number of ether oxygens (including phenoxy) is 1. The Morgan fingerprint density at radius 1 is 0.672 bits per heavy atom. The van der Waals surface area contributed by atoms with Gasteiger partial charge in [-0.2, -0.15) is 0 Å². The van der Waals surface area contributed by atoms with Crippen LogP contribution in [-0.2, 0) is 46.3 Å². The molecule has 2 aromatic carbocycles. The zero-order valence-electron chi connectivity index (χ0n) is 36.4. The number of para-hydroxylation sites is 1. The van der Waals surface area contributed by atoms with Crippen LogP contribution >= 0.6 is 0 Å². The Morgan fingerprint density at radius 3 is 1.85 bits per heavy atom. The summed E-state index contributed by atoms with van der Waals surface area (Å²) in [7, 11) is 0. The first-order chi connectivity index (χ1) is 28.9. The highest BCUT2D eigenvalue weighted by Gasteiger charge is 2.34. The fourth-order valence-electron chi connectivity index (χ4n) is 7.07. The number of carbonyl (C=O) groups excluding carboxylic acids is 7. The van der Waals surface area contributed by atoms with Crippen molar-refractivity contribution in [1.29, 1.82) is 0 Å². The van der Waals surface area contributed by atoms with E-state index in [9.17, 15) is 33.6 Å². The quantitative estimate of drug-likeness (QED) is 0.119. The lowest BCUT2D eigenvalue weighted by Crippen LogP contribution is -2.60.